The SMILES string of the molecule is CCCCCC(OC)C(O)/C=C/C(O)CCCCCCCC(=O)O. The van der Waals surface area contributed by atoms with Crippen molar-refractivity contribution in [2.45, 2.75) is 95.9 Å². The van der Waals surface area contributed by atoms with Crippen LogP contribution in [0.5, 0.6) is 0 Å². The highest BCUT2D eigenvalue weighted by molar-refractivity contribution is 5.66. The second-order valence-corrected chi connectivity index (χ2v) is 6.41. The molecule has 0 aromatic rings. The van der Waals surface area contributed by atoms with Crippen molar-refractivity contribution < 1.29 is 24.9 Å². The maximum atomic E-state index is 10.4. The smallest absolute Gasteiger partial charge is 0.303 e. The van der Waals surface area contributed by atoms with Gasteiger partial charge in [0, 0.05) is 13.5 Å². The van der Waals surface area contributed by atoms with Gasteiger partial charge in [0.2, 0.25) is 0 Å². The van der Waals surface area contributed by atoms with Crippen molar-refractivity contribution in [2.75, 3.05) is 7.11 Å². The summed E-state index contributed by atoms with van der Waals surface area (Å²) in [6.07, 6.45) is 11.4. The minimum atomic E-state index is -0.738. The molecule has 0 heterocycles. The lowest BCUT2D eigenvalue weighted by Gasteiger charge is -2.19. The number of aliphatic carboxylic acids is 1. The Labute approximate surface area is 146 Å². The number of ether oxygens (including phenoxy) is 1. The van der Waals surface area contributed by atoms with Gasteiger partial charge in [-0.15, -0.1) is 0 Å². The number of carbonyl (C=O) groups is 1. The molecule has 0 spiro atoms. The fourth-order valence-electron chi connectivity index (χ4n) is 2.65. The first-order chi connectivity index (χ1) is 11.5. The van der Waals surface area contributed by atoms with E-state index in [-0.39, 0.29) is 12.5 Å². The summed E-state index contributed by atoms with van der Waals surface area (Å²) in [7, 11) is 1.61. The number of methoxy groups -OCH3 is 1. The molecule has 0 aliphatic carbocycles. The largest absolute Gasteiger partial charge is 0.481 e. The maximum absolute atomic E-state index is 10.4. The molecule has 0 saturated carbocycles. The molecule has 0 saturated heterocycles. The van der Waals surface area contributed by atoms with Crippen molar-refractivity contribution in [2.24, 2.45) is 0 Å². The van der Waals surface area contributed by atoms with Crippen molar-refractivity contribution in [1.82, 2.24) is 0 Å². The monoisotopic (exact) mass is 344 g/mol. The Hall–Kier alpha value is -0.910. The summed E-state index contributed by atoms with van der Waals surface area (Å²) in [5, 5.41) is 28.6. The van der Waals surface area contributed by atoms with Gasteiger partial charge in [0.25, 0.3) is 0 Å². The van der Waals surface area contributed by atoms with Crippen molar-refractivity contribution >= 4 is 5.97 Å². The third-order valence-electron chi connectivity index (χ3n) is 4.20. The molecule has 0 rings (SSSR count). The van der Waals surface area contributed by atoms with Gasteiger partial charge in [-0.2, -0.15) is 0 Å². The summed E-state index contributed by atoms with van der Waals surface area (Å²) in [6, 6.07) is 0. The van der Waals surface area contributed by atoms with Crippen LogP contribution in [0.15, 0.2) is 12.2 Å². The molecular formula is C19H36O5. The average Bonchev–Trinajstić information content (AvgIpc) is 2.55. The minimum absolute atomic E-state index is 0.214. The average molecular weight is 344 g/mol. The van der Waals surface area contributed by atoms with Crippen LogP contribution in [0.3, 0.4) is 0 Å². The standard InChI is InChI=1S/C19H36O5/c1-3-4-8-12-18(24-2)17(21)15-14-16(20)11-9-6-5-7-10-13-19(22)23/h14-18,20-21H,3-13H2,1-2H3,(H,22,23)/b15-14+. The van der Waals surface area contributed by atoms with Gasteiger partial charge in [-0.05, 0) is 19.3 Å². The van der Waals surface area contributed by atoms with Gasteiger partial charge in [0.05, 0.1) is 18.3 Å². The molecule has 0 bridgehead atoms. The summed E-state index contributed by atoms with van der Waals surface area (Å²) in [4.78, 5) is 10.4. The van der Waals surface area contributed by atoms with Crippen molar-refractivity contribution in [3.63, 3.8) is 0 Å². The zero-order valence-corrected chi connectivity index (χ0v) is 15.3. The van der Waals surface area contributed by atoms with E-state index in [1.165, 1.54) is 0 Å². The number of hydrogen-bond acceptors (Lipinski definition) is 4. The Morgan fingerprint density at radius 3 is 2.21 bits per heavy atom. The molecule has 142 valence electrons. The molecule has 0 aromatic carbocycles. The highest BCUT2D eigenvalue weighted by Crippen LogP contribution is 2.13. The fourth-order valence-corrected chi connectivity index (χ4v) is 2.65. The Morgan fingerprint density at radius 1 is 0.958 bits per heavy atom. The van der Waals surface area contributed by atoms with E-state index in [9.17, 15) is 15.0 Å². The number of unbranched alkanes of at least 4 members (excludes halogenated alkanes) is 6. The molecule has 3 N–H and O–H groups in total. The highest BCUT2D eigenvalue weighted by atomic mass is 16.5. The highest BCUT2D eigenvalue weighted by Gasteiger charge is 2.15. The molecule has 5 nitrogen and oxygen atoms in total. The molecule has 5 heteroatoms. The van der Waals surface area contributed by atoms with Crippen molar-refractivity contribution in [1.29, 1.82) is 0 Å². The molecule has 24 heavy (non-hydrogen) atoms. The predicted octanol–water partition coefficient (Wildman–Crippen LogP) is 3.68. The molecule has 0 aliphatic heterocycles. The first-order valence-electron chi connectivity index (χ1n) is 9.30. The summed E-state index contributed by atoms with van der Waals surface area (Å²) >= 11 is 0. The van der Waals surface area contributed by atoms with Crippen LogP contribution in [0.25, 0.3) is 0 Å². The first-order valence-corrected chi connectivity index (χ1v) is 9.30. The Balaban J connectivity index is 3.81. The molecular weight excluding hydrogens is 308 g/mol. The lowest BCUT2D eigenvalue weighted by molar-refractivity contribution is -0.137. The van der Waals surface area contributed by atoms with Crippen LogP contribution in [0.2, 0.25) is 0 Å². The van der Waals surface area contributed by atoms with Gasteiger partial charge in [0.1, 0.15) is 0 Å². The second-order valence-electron chi connectivity index (χ2n) is 6.41. The fraction of sp³-hybridized carbons (Fsp3) is 0.842. The topological polar surface area (TPSA) is 87.0 Å². The predicted molar refractivity (Wildman–Crippen MR) is 96.0 cm³/mol. The van der Waals surface area contributed by atoms with E-state index < -0.39 is 18.2 Å². The van der Waals surface area contributed by atoms with E-state index in [4.69, 9.17) is 9.84 Å². The van der Waals surface area contributed by atoms with E-state index in [1.54, 1.807) is 19.3 Å². The number of aliphatic hydroxyl groups is 2. The molecule has 3 atom stereocenters. The summed E-state index contributed by atoms with van der Waals surface area (Å²) < 4.78 is 5.32. The molecule has 3 unspecified atom stereocenters. The normalized spacial score (nSPS) is 15.5. The van der Waals surface area contributed by atoms with E-state index >= 15 is 0 Å². The van der Waals surface area contributed by atoms with Crippen LogP contribution in [0.1, 0.15) is 77.6 Å². The third-order valence-corrected chi connectivity index (χ3v) is 4.20. The van der Waals surface area contributed by atoms with Gasteiger partial charge in [-0.25, -0.2) is 0 Å². The van der Waals surface area contributed by atoms with Crippen LogP contribution in [0, 0.1) is 0 Å². The number of hydrogen-bond donors (Lipinski definition) is 3. The van der Waals surface area contributed by atoms with Crippen molar-refractivity contribution in [3.05, 3.63) is 12.2 Å². The summed E-state index contributed by atoms with van der Waals surface area (Å²) in [6.45, 7) is 2.14. The number of rotatable bonds is 16. The molecule has 0 radical (unpaired) electrons. The van der Waals surface area contributed by atoms with Gasteiger partial charge in [0.15, 0.2) is 0 Å². The zero-order chi connectivity index (χ0) is 18.2. The first kappa shape index (κ1) is 23.1. The molecule has 0 aliphatic rings. The van der Waals surface area contributed by atoms with E-state index in [1.807, 2.05) is 0 Å². The molecule has 0 amide bonds. The summed E-state index contributed by atoms with van der Waals surface area (Å²) in [5.41, 5.74) is 0. The quantitative estimate of drug-likeness (QED) is 0.294. The molecule has 0 aromatic heterocycles. The van der Waals surface area contributed by atoms with Crippen LogP contribution < -0.4 is 0 Å². The zero-order valence-electron chi connectivity index (χ0n) is 15.3. The minimum Gasteiger partial charge on any atom is -0.481 e. The lowest BCUT2D eigenvalue weighted by Crippen LogP contribution is -2.26. The maximum Gasteiger partial charge on any atom is 0.303 e. The number of aliphatic hydroxyl groups excluding tert-OH is 2. The van der Waals surface area contributed by atoms with Gasteiger partial charge in [-0.3, -0.25) is 4.79 Å². The van der Waals surface area contributed by atoms with Crippen molar-refractivity contribution in [3.8, 4) is 0 Å². The lowest BCUT2D eigenvalue weighted by atomic mass is 10.0. The Morgan fingerprint density at radius 2 is 1.58 bits per heavy atom. The second kappa shape index (κ2) is 15.6. The van der Waals surface area contributed by atoms with E-state index in [0.717, 1.165) is 57.8 Å². The molecule has 0 fully saturated rings. The van der Waals surface area contributed by atoms with E-state index in [2.05, 4.69) is 6.92 Å². The number of carboxylic acids is 1. The summed E-state index contributed by atoms with van der Waals surface area (Å²) in [5.74, 6) is -0.738. The Kier molecular flexibility index (Phi) is 15.0. The number of carboxylic acid groups (broad SMARTS) is 1. The van der Waals surface area contributed by atoms with Crippen LogP contribution >= 0.6 is 0 Å². The van der Waals surface area contributed by atoms with Gasteiger partial charge >= 0.3 is 5.97 Å². The third kappa shape index (κ3) is 13.5. The van der Waals surface area contributed by atoms with E-state index in [0.29, 0.717) is 6.42 Å². The van der Waals surface area contributed by atoms with Crippen LogP contribution in [-0.4, -0.2) is 46.7 Å². The Bertz CT molecular complexity index is 330. The van der Waals surface area contributed by atoms with Gasteiger partial charge < -0.3 is 20.1 Å². The van der Waals surface area contributed by atoms with Crippen LogP contribution in [0.4, 0.5) is 0 Å². The van der Waals surface area contributed by atoms with Gasteiger partial charge in [-0.1, -0.05) is 64.0 Å². The van der Waals surface area contributed by atoms with Crippen LogP contribution in [-0.2, 0) is 9.53 Å².